The highest BCUT2D eigenvalue weighted by Crippen LogP contribution is 2.19. The van der Waals surface area contributed by atoms with Crippen LogP contribution in [0.1, 0.15) is 12.5 Å². The number of aliphatic hydroxyl groups is 1. The molecular weight excluding hydrogens is 226 g/mol. The second-order valence-corrected chi connectivity index (χ2v) is 4.32. The van der Waals surface area contributed by atoms with Crippen LogP contribution < -0.4 is 5.73 Å². The van der Waals surface area contributed by atoms with Crippen molar-refractivity contribution in [3.8, 4) is 0 Å². The van der Waals surface area contributed by atoms with Gasteiger partial charge in [-0.15, -0.1) is 0 Å². The molecule has 0 amide bonds. The number of nitrogens with zero attached hydrogens (tertiary/aromatic N) is 2. The first-order valence-electron chi connectivity index (χ1n) is 6.22. The van der Waals surface area contributed by atoms with Crippen molar-refractivity contribution in [2.45, 2.75) is 13.5 Å². The Morgan fingerprint density at radius 1 is 1.33 bits per heavy atom. The van der Waals surface area contributed by atoms with Crippen molar-refractivity contribution in [1.29, 1.82) is 0 Å². The fourth-order valence-corrected chi connectivity index (χ4v) is 2.03. The standard InChI is InChI=1S/C14H19N3O/c1-2-17(7-8-18)10-12-9-11-5-3-4-6-13(11)16-14(12)15/h3-6,9,18H,2,7-8,10H2,1H3,(H2,15,16). The van der Waals surface area contributed by atoms with Gasteiger partial charge >= 0.3 is 0 Å². The third kappa shape index (κ3) is 2.78. The van der Waals surface area contributed by atoms with E-state index in [4.69, 9.17) is 10.8 Å². The Morgan fingerprint density at radius 3 is 2.83 bits per heavy atom. The Labute approximate surface area is 107 Å². The number of aromatic nitrogens is 1. The minimum atomic E-state index is 0.161. The Hall–Kier alpha value is -1.65. The van der Waals surface area contributed by atoms with Gasteiger partial charge < -0.3 is 10.8 Å². The van der Waals surface area contributed by atoms with Crippen LogP contribution >= 0.6 is 0 Å². The molecule has 4 heteroatoms. The number of anilines is 1. The number of aliphatic hydroxyl groups excluding tert-OH is 1. The molecule has 0 unspecified atom stereocenters. The van der Waals surface area contributed by atoms with Crippen LogP contribution in [0.2, 0.25) is 0 Å². The van der Waals surface area contributed by atoms with Gasteiger partial charge in [-0.25, -0.2) is 4.98 Å². The first-order chi connectivity index (χ1) is 8.74. The average Bonchev–Trinajstić information content (AvgIpc) is 2.39. The molecule has 96 valence electrons. The predicted octanol–water partition coefficient (Wildman–Crippen LogP) is 1.63. The molecule has 1 aromatic heterocycles. The number of likely N-dealkylation sites (N-methyl/N-ethyl adjacent to an activating group) is 1. The smallest absolute Gasteiger partial charge is 0.128 e. The first-order valence-corrected chi connectivity index (χ1v) is 6.22. The SMILES string of the molecule is CCN(CCO)Cc1cc2ccccc2nc1N. The summed E-state index contributed by atoms with van der Waals surface area (Å²) in [7, 11) is 0. The van der Waals surface area contributed by atoms with Gasteiger partial charge in [0.2, 0.25) is 0 Å². The molecule has 2 rings (SSSR count). The maximum Gasteiger partial charge on any atom is 0.128 e. The molecule has 0 saturated heterocycles. The largest absolute Gasteiger partial charge is 0.395 e. The van der Waals surface area contributed by atoms with E-state index in [0.29, 0.717) is 12.4 Å². The molecule has 18 heavy (non-hydrogen) atoms. The number of hydrogen-bond acceptors (Lipinski definition) is 4. The third-order valence-corrected chi connectivity index (χ3v) is 3.09. The highest BCUT2D eigenvalue weighted by molar-refractivity contribution is 5.81. The van der Waals surface area contributed by atoms with Gasteiger partial charge in [-0.3, -0.25) is 4.90 Å². The van der Waals surface area contributed by atoms with Gasteiger partial charge in [0, 0.05) is 24.0 Å². The second kappa shape index (κ2) is 5.80. The zero-order valence-corrected chi connectivity index (χ0v) is 10.6. The lowest BCUT2D eigenvalue weighted by molar-refractivity contribution is 0.197. The van der Waals surface area contributed by atoms with Crippen molar-refractivity contribution in [3.05, 3.63) is 35.9 Å². The zero-order chi connectivity index (χ0) is 13.0. The van der Waals surface area contributed by atoms with E-state index in [1.165, 1.54) is 0 Å². The number of nitrogen functional groups attached to an aromatic ring is 1. The van der Waals surface area contributed by atoms with Gasteiger partial charge in [-0.1, -0.05) is 25.1 Å². The van der Waals surface area contributed by atoms with Gasteiger partial charge in [0.25, 0.3) is 0 Å². The summed E-state index contributed by atoms with van der Waals surface area (Å²) in [6, 6.07) is 10.0. The molecule has 3 N–H and O–H groups in total. The Morgan fingerprint density at radius 2 is 2.11 bits per heavy atom. The molecule has 0 bridgehead atoms. The quantitative estimate of drug-likeness (QED) is 0.840. The molecule has 0 aliphatic carbocycles. The summed E-state index contributed by atoms with van der Waals surface area (Å²) in [4.78, 5) is 6.55. The second-order valence-electron chi connectivity index (χ2n) is 4.32. The highest BCUT2D eigenvalue weighted by atomic mass is 16.3. The van der Waals surface area contributed by atoms with E-state index in [1.807, 2.05) is 24.3 Å². The van der Waals surface area contributed by atoms with Crippen LogP contribution in [0.5, 0.6) is 0 Å². The highest BCUT2D eigenvalue weighted by Gasteiger charge is 2.08. The number of rotatable bonds is 5. The van der Waals surface area contributed by atoms with Crippen LogP contribution in [0.15, 0.2) is 30.3 Å². The van der Waals surface area contributed by atoms with E-state index >= 15 is 0 Å². The molecule has 2 aromatic rings. The van der Waals surface area contributed by atoms with Gasteiger partial charge in [-0.05, 0) is 18.7 Å². The molecular formula is C14H19N3O. The predicted molar refractivity (Wildman–Crippen MR) is 74.2 cm³/mol. The Balaban J connectivity index is 2.29. The molecule has 1 heterocycles. The van der Waals surface area contributed by atoms with E-state index in [2.05, 4.69) is 22.9 Å². The van der Waals surface area contributed by atoms with Crippen molar-refractivity contribution < 1.29 is 5.11 Å². The number of benzene rings is 1. The van der Waals surface area contributed by atoms with Gasteiger partial charge in [0.1, 0.15) is 5.82 Å². The number of fused-ring (bicyclic) bond motifs is 1. The molecule has 1 aromatic carbocycles. The molecule has 0 saturated carbocycles. The van der Waals surface area contributed by atoms with Gasteiger partial charge in [-0.2, -0.15) is 0 Å². The topological polar surface area (TPSA) is 62.4 Å². The summed E-state index contributed by atoms with van der Waals surface area (Å²) in [5, 5.41) is 10.1. The van der Waals surface area contributed by atoms with Crippen LogP contribution in [0, 0.1) is 0 Å². The summed E-state index contributed by atoms with van der Waals surface area (Å²) >= 11 is 0. The van der Waals surface area contributed by atoms with Crippen LogP contribution in [-0.4, -0.2) is 34.7 Å². The molecule has 0 spiro atoms. The average molecular weight is 245 g/mol. The zero-order valence-electron chi connectivity index (χ0n) is 10.6. The van der Waals surface area contributed by atoms with E-state index in [-0.39, 0.29) is 6.61 Å². The van der Waals surface area contributed by atoms with E-state index < -0.39 is 0 Å². The number of hydrogen-bond donors (Lipinski definition) is 2. The number of para-hydroxylation sites is 1. The summed E-state index contributed by atoms with van der Waals surface area (Å²) in [5.74, 6) is 0.574. The lowest BCUT2D eigenvalue weighted by Gasteiger charge is -2.20. The van der Waals surface area contributed by atoms with E-state index in [0.717, 1.165) is 29.6 Å². The monoisotopic (exact) mass is 245 g/mol. The normalized spacial score (nSPS) is 11.3. The van der Waals surface area contributed by atoms with Crippen LogP contribution in [0.3, 0.4) is 0 Å². The minimum Gasteiger partial charge on any atom is -0.395 e. The maximum absolute atomic E-state index is 9.00. The summed E-state index contributed by atoms with van der Waals surface area (Å²) in [5.41, 5.74) is 7.92. The molecule has 0 radical (unpaired) electrons. The maximum atomic E-state index is 9.00. The number of nitrogens with two attached hydrogens (primary N) is 1. The van der Waals surface area contributed by atoms with Crippen molar-refractivity contribution in [1.82, 2.24) is 9.88 Å². The summed E-state index contributed by atoms with van der Waals surface area (Å²) < 4.78 is 0. The van der Waals surface area contributed by atoms with Gasteiger partial charge in [0.15, 0.2) is 0 Å². The lowest BCUT2D eigenvalue weighted by atomic mass is 10.1. The molecule has 0 fully saturated rings. The fourth-order valence-electron chi connectivity index (χ4n) is 2.03. The number of pyridine rings is 1. The van der Waals surface area contributed by atoms with Crippen molar-refractivity contribution in [2.75, 3.05) is 25.4 Å². The lowest BCUT2D eigenvalue weighted by Crippen LogP contribution is -2.26. The van der Waals surface area contributed by atoms with Crippen molar-refractivity contribution in [2.24, 2.45) is 0 Å². The minimum absolute atomic E-state index is 0.161. The van der Waals surface area contributed by atoms with E-state index in [9.17, 15) is 0 Å². The Bertz CT molecular complexity index is 527. The van der Waals surface area contributed by atoms with Crippen LogP contribution in [0.4, 0.5) is 5.82 Å². The van der Waals surface area contributed by atoms with Crippen LogP contribution in [-0.2, 0) is 6.54 Å². The van der Waals surface area contributed by atoms with Crippen molar-refractivity contribution >= 4 is 16.7 Å². The van der Waals surface area contributed by atoms with Crippen molar-refractivity contribution in [3.63, 3.8) is 0 Å². The van der Waals surface area contributed by atoms with Gasteiger partial charge in [0.05, 0.1) is 12.1 Å². The first kappa shape index (κ1) is 12.8. The molecule has 0 aliphatic heterocycles. The van der Waals surface area contributed by atoms with E-state index in [1.54, 1.807) is 0 Å². The third-order valence-electron chi connectivity index (χ3n) is 3.09. The molecule has 4 nitrogen and oxygen atoms in total. The summed E-state index contributed by atoms with van der Waals surface area (Å²) in [6.07, 6.45) is 0. The van der Waals surface area contributed by atoms with Crippen LogP contribution in [0.25, 0.3) is 10.9 Å². The molecule has 0 aliphatic rings. The fraction of sp³-hybridized carbons (Fsp3) is 0.357. The Kier molecular flexibility index (Phi) is 4.12. The molecule has 0 atom stereocenters. The summed E-state index contributed by atoms with van der Waals surface area (Å²) in [6.45, 7) is 4.49.